The largest absolute Gasteiger partial charge is 0.349 e. The maximum atomic E-state index is 12.0. The van der Waals surface area contributed by atoms with Crippen molar-refractivity contribution in [3.63, 3.8) is 0 Å². The van der Waals surface area contributed by atoms with Crippen molar-refractivity contribution in [3.8, 4) is 0 Å². The monoisotopic (exact) mass is 233 g/mol. The summed E-state index contributed by atoms with van der Waals surface area (Å²) in [5.74, 6) is 0.978. The van der Waals surface area contributed by atoms with Crippen LogP contribution in [0.5, 0.6) is 0 Å². The zero-order valence-corrected chi connectivity index (χ0v) is 10.3. The third-order valence-electron chi connectivity index (χ3n) is 3.63. The van der Waals surface area contributed by atoms with Crippen molar-refractivity contribution in [2.45, 2.75) is 22.5 Å². The van der Waals surface area contributed by atoms with Gasteiger partial charge in [0.15, 0.2) is 0 Å². The molecule has 3 rings (SSSR count). The molecule has 0 N–H and O–H groups in total. The Morgan fingerprint density at radius 1 is 1.38 bits per heavy atom. The summed E-state index contributed by atoms with van der Waals surface area (Å²) in [4.78, 5) is 15.1. The quantitative estimate of drug-likeness (QED) is 0.742. The summed E-state index contributed by atoms with van der Waals surface area (Å²) in [6, 6.07) is 8.52. The highest BCUT2D eigenvalue weighted by Gasteiger charge is 2.51. The fourth-order valence-corrected chi connectivity index (χ4v) is 4.37. The summed E-state index contributed by atoms with van der Waals surface area (Å²) in [5.41, 5.74) is 1.39. The normalized spacial score (nSPS) is 30.2. The Morgan fingerprint density at radius 2 is 2.12 bits per heavy atom. The molecule has 0 spiro atoms. The molecule has 84 valence electrons. The molecule has 1 aliphatic heterocycles. The molecule has 1 amide bonds. The number of hydrogen-bond acceptors (Lipinski definition) is 2. The maximum Gasteiger partial charge on any atom is 0.225 e. The lowest BCUT2D eigenvalue weighted by atomic mass is 9.69. The molecule has 1 heterocycles. The first kappa shape index (κ1) is 10.2. The number of carbonyl (C=O) groups excluding carboxylic acids is 1. The summed E-state index contributed by atoms with van der Waals surface area (Å²) < 4.78 is 0. The van der Waals surface area contributed by atoms with Gasteiger partial charge in [0.05, 0.1) is 0 Å². The van der Waals surface area contributed by atoms with Gasteiger partial charge in [-0.1, -0.05) is 18.2 Å². The number of rotatable bonds is 1. The summed E-state index contributed by atoms with van der Waals surface area (Å²) in [6.45, 7) is 0. The number of nitrogens with zero attached hydrogens (tertiary/aromatic N) is 1. The first-order valence-electron chi connectivity index (χ1n) is 5.65. The first-order chi connectivity index (χ1) is 7.68. The highest BCUT2D eigenvalue weighted by molar-refractivity contribution is 8.00. The van der Waals surface area contributed by atoms with E-state index in [2.05, 4.69) is 24.3 Å². The van der Waals surface area contributed by atoms with Gasteiger partial charge in [0.25, 0.3) is 0 Å². The Labute approximate surface area is 100 Å². The second-order valence-electron chi connectivity index (χ2n) is 4.79. The first-order valence-corrected chi connectivity index (χ1v) is 6.53. The van der Waals surface area contributed by atoms with Crippen LogP contribution >= 0.6 is 11.8 Å². The van der Waals surface area contributed by atoms with Crippen molar-refractivity contribution in [2.75, 3.05) is 14.1 Å². The molecule has 3 atom stereocenters. The number of hydrogen-bond donors (Lipinski definition) is 0. The Balaban J connectivity index is 1.89. The van der Waals surface area contributed by atoms with E-state index in [4.69, 9.17) is 0 Å². The van der Waals surface area contributed by atoms with Crippen molar-refractivity contribution in [1.29, 1.82) is 0 Å². The molecule has 1 saturated carbocycles. The molecule has 16 heavy (non-hydrogen) atoms. The third kappa shape index (κ3) is 1.31. The highest BCUT2D eigenvalue weighted by Crippen LogP contribution is 2.59. The van der Waals surface area contributed by atoms with Gasteiger partial charge in [0, 0.05) is 36.1 Å². The molecular formula is C13H15NOS. The van der Waals surface area contributed by atoms with Gasteiger partial charge in [-0.05, 0) is 18.1 Å². The van der Waals surface area contributed by atoms with E-state index in [1.807, 2.05) is 25.9 Å². The van der Waals surface area contributed by atoms with Crippen LogP contribution in [0.4, 0.5) is 0 Å². The van der Waals surface area contributed by atoms with E-state index in [1.54, 1.807) is 4.90 Å². The van der Waals surface area contributed by atoms with Gasteiger partial charge in [-0.3, -0.25) is 4.79 Å². The molecule has 1 aromatic rings. The number of benzene rings is 1. The lowest BCUT2D eigenvalue weighted by Crippen LogP contribution is -2.44. The van der Waals surface area contributed by atoms with Gasteiger partial charge >= 0.3 is 0 Å². The lowest BCUT2D eigenvalue weighted by Gasteiger charge is -2.40. The van der Waals surface area contributed by atoms with Crippen molar-refractivity contribution in [2.24, 2.45) is 5.92 Å². The number of carbonyl (C=O) groups is 1. The summed E-state index contributed by atoms with van der Waals surface area (Å²) >= 11 is 1.95. The van der Waals surface area contributed by atoms with E-state index < -0.39 is 0 Å². The van der Waals surface area contributed by atoms with Gasteiger partial charge in [-0.2, -0.15) is 0 Å². The standard InChI is InChI=1S/C13H15NOS/c1-14(2)13(15)9-7-11-12(9)8-5-3-4-6-10(8)16-11/h3-6,9,11-12H,7H2,1-2H3. The summed E-state index contributed by atoms with van der Waals surface area (Å²) in [7, 11) is 3.70. The van der Waals surface area contributed by atoms with Crippen LogP contribution in [-0.4, -0.2) is 30.2 Å². The second-order valence-corrected chi connectivity index (χ2v) is 6.08. The zero-order valence-electron chi connectivity index (χ0n) is 9.51. The molecule has 3 unspecified atom stereocenters. The number of fused-ring (bicyclic) bond motifs is 3. The van der Waals surface area contributed by atoms with Gasteiger partial charge in [0.2, 0.25) is 5.91 Å². The third-order valence-corrected chi connectivity index (χ3v) is 5.05. The van der Waals surface area contributed by atoms with E-state index >= 15 is 0 Å². The van der Waals surface area contributed by atoms with Crippen LogP contribution < -0.4 is 0 Å². The average Bonchev–Trinajstić information content (AvgIpc) is 2.51. The fourth-order valence-electron chi connectivity index (χ4n) is 2.76. The molecule has 1 aromatic carbocycles. The van der Waals surface area contributed by atoms with Crippen LogP contribution in [0, 0.1) is 5.92 Å². The highest BCUT2D eigenvalue weighted by atomic mass is 32.2. The van der Waals surface area contributed by atoms with Crippen molar-refractivity contribution < 1.29 is 4.79 Å². The van der Waals surface area contributed by atoms with Crippen LogP contribution in [0.15, 0.2) is 29.2 Å². The van der Waals surface area contributed by atoms with Crippen LogP contribution in [-0.2, 0) is 4.79 Å². The van der Waals surface area contributed by atoms with E-state index in [-0.39, 0.29) is 5.92 Å². The SMILES string of the molecule is CN(C)C(=O)C1CC2Sc3ccccc3C21. The minimum atomic E-state index is 0.219. The molecule has 0 aromatic heterocycles. The van der Waals surface area contributed by atoms with E-state index in [1.165, 1.54) is 10.5 Å². The smallest absolute Gasteiger partial charge is 0.225 e. The van der Waals surface area contributed by atoms with Crippen LogP contribution in [0.2, 0.25) is 0 Å². The summed E-state index contributed by atoms with van der Waals surface area (Å²) in [5, 5.41) is 0.645. The van der Waals surface area contributed by atoms with E-state index in [0.29, 0.717) is 17.1 Å². The van der Waals surface area contributed by atoms with Crippen LogP contribution in [0.25, 0.3) is 0 Å². The predicted octanol–water partition coefficient (Wildman–Crippen LogP) is 2.35. The minimum Gasteiger partial charge on any atom is -0.349 e. The van der Waals surface area contributed by atoms with Gasteiger partial charge in [-0.15, -0.1) is 11.8 Å². The molecule has 2 aliphatic rings. The number of thioether (sulfide) groups is 1. The molecule has 1 aliphatic carbocycles. The topological polar surface area (TPSA) is 20.3 Å². The molecule has 0 bridgehead atoms. The maximum absolute atomic E-state index is 12.0. The Kier molecular flexibility index (Phi) is 2.25. The van der Waals surface area contributed by atoms with E-state index in [9.17, 15) is 4.79 Å². The minimum absolute atomic E-state index is 0.219. The summed E-state index contributed by atoms with van der Waals surface area (Å²) in [6.07, 6.45) is 1.04. The number of amides is 1. The Morgan fingerprint density at radius 3 is 2.88 bits per heavy atom. The van der Waals surface area contributed by atoms with Crippen molar-refractivity contribution >= 4 is 17.7 Å². The van der Waals surface area contributed by atoms with Crippen molar-refractivity contribution in [3.05, 3.63) is 29.8 Å². The van der Waals surface area contributed by atoms with E-state index in [0.717, 1.165) is 6.42 Å². The van der Waals surface area contributed by atoms with Crippen LogP contribution in [0.3, 0.4) is 0 Å². The van der Waals surface area contributed by atoms with Gasteiger partial charge in [-0.25, -0.2) is 0 Å². The molecular weight excluding hydrogens is 218 g/mol. The second kappa shape index (κ2) is 3.52. The fraction of sp³-hybridized carbons (Fsp3) is 0.462. The molecule has 3 heteroatoms. The molecule has 1 fully saturated rings. The van der Waals surface area contributed by atoms with Gasteiger partial charge in [0.1, 0.15) is 0 Å². The lowest BCUT2D eigenvalue weighted by molar-refractivity contribution is -0.136. The van der Waals surface area contributed by atoms with Gasteiger partial charge < -0.3 is 4.90 Å². The Hall–Kier alpha value is -0.960. The molecule has 2 nitrogen and oxygen atoms in total. The zero-order chi connectivity index (χ0) is 11.3. The average molecular weight is 233 g/mol. The predicted molar refractivity (Wildman–Crippen MR) is 65.6 cm³/mol. The Bertz CT molecular complexity index is 443. The molecule has 0 radical (unpaired) electrons. The van der Waals surface area contributed by atoms with Crippen LogP contribution in [0.1, 0.15) is 17.9 Å². The van der Waals surface area contributed by atoms with Crippen molar-refractivity contribution in [1.82, 2.24) is 4.90 Å². The molecule has 0 saturated heterocycles.